The molecule has 2 atom stereocenters. The maximum atomic E-state index is 11.9. The van der Waals surface area contributed by atoms with Crippen molar-refractivity contribution in [2.45, 2.75) is 19.9 Å². The van der Waals surface area contributed by atoms with Gasteiger partial charge in [0.25, 0.3) is 0 Å². The Hall–Kier alpha value is -2.07. The molecule has 1 aliphatic rings. The number of hydrogen-bond acceptors (Lipinski definition) is 5. The number of ether oxygens (including phenoxy) is 1. The molecule has 0 aliphatic carbocycles. The van der Waals surface area contributed by atoms with Gasteiger partial charge in [0.15, 0.2) is 9.84 Å². The van der Waals surface area contributed by atoms with Gasteiger partial charge in [-0.3, -0.25) is 4.79 Å². The number of carbonyl (C=O) groups is 2. The fourth-order valence-corrected chi connectivity index (χ4v) is 2.76. The van der Waals surface area contributed by atoms with Gasteiger partial charge in [0.2, 0.25) is 5.91 Å². The van der Waals surface area contributed by atoms with Crippen LogP contribution in [-0.4, -0.2) is 32.9 Å². The quantitative estimate of drug-likeness (QED) is 0.575. The molecule has 0 saturated carbocycles. The molecule has 0 radical (unpaired) electrons. The van der Waals surface area contributed by atoms with Crippen molar-refractivity contribution in [3.8, 4) is 12.3 Å². The highest BCUT2D eigenvalue weighted by atomic mass is 32.2. The Morgan fingerprint density at radius 2 is 2.15 bits per heavy atom. The molecule has 0 aromatic heterocycles. The Morgan fingerprint density at radius 1 is 1.50 bits per heavy atom. The molecule has 7 heteroatoms. The van der Waals surface area contributed by atoms with Gasteiger partial charge in [0, 0.05) is 17.7 Å². The minimum absolute atomic E-state index is 0.124. The highest BCUT2D eigenvalue weighted by Gasteiger charge is 2.33. The predicted molar refractivity (Wildman–Crippen MR) is 72.7 cm³/mol. The van der Waals surface area contributed by atoms with E-state index in [-0.39, 0.29) is 12.2 Å². The first-order valence-electron chi connectivity index (χ1n) is 5.85. The molecule has 0 fully saturated rings. The van der Waals surface area contributed by atoms with Gasteiger partial charge in [0.05, 0.1) is 12.5 Å². The second kappa shape index (κ2) is 6.39. The minimum Gasteiger partial charge on any atom is -0.464 e. The lowest BCUT2D eigenvalue weighted by Gasteiger charge is -2.22. The highest BCUT2D eigenvalue weighted by Crippen LogP contribution is 2.24. The van der Waals surface area contributed by atoms with Crippen molar-refractivity contribution in [3.63, 3.8) is 0 Å². The Balaban J connectivity index is 3.10. The molecule has 1 N–H and O–H groups in total. The first kappa shape index (κ1) is 16.0. The molecule has 0 aromatic carbocycles. The van der Waals surface area contributed by atoms with Crippen LogP contribution in [0.1, 0.15) is 13.8 Å². The maximum Gasteiger partial charge on any atom is 0.330 e. The summed E-state index contributed by atoms with van der Waals surface area (Å²) in [5.74, 6) is 0.248. The van der Waals surface area contributed by atoms with Gasteiger partial charge in [-0.2, -0.15) is 0 Å². The van der Waals surface area contributed by atoms with Crippen LogP contribution in [0.4, 0.5) is 0 Å². The van der Waals surface area contributed by atoms with E-state index in [1.54, 1.807) is 6.92 Å². The van der Waals surface area contributed by atoms with Crippen LogP contribution in [0.25, 0.3) is 0 Å². The normalized spacial score (nSPS) is 18.6. The van der Waals surface area contributed by atoms with Crippen LogP contribution >= 0.6 is 0 Å². The van der Waals surface area contributed by atoms with Crippen molar-refractivity contribution in [1.82, 2.24) is 5.32 Å². The van der Waals surface area contributed by atoms with Crippen LogP contribution in [0.15, 0.2) is 22.5 Å². The van der Waals surface area contributed by atoms with E-state index in [9.17, 15) is 18.0 Å². The molecule has 1 amide bonds. The number of amides is 1. The smallest absolute Gasteiger partial charge is 0.330 e. The van der Waals surface area contributed by atoms with Gasteiger partial charge in [-0.05, 0) is 18.6 Å². The molecule has 1 rings (SSSR count). The number of esters is 1. The van der Waals surface area contributed by atoms with Gasteiger partial charge in [-0.15, -0.1) is 6.42 Å². The number of allylic oxidation sites excluding steroid dienone is 1. The highest BCUT2D eigenvalue weighted by molar-refractivity contribution is 7.97. The zero-order valence-corrected chi connectivity index (χ0v) is 11.9. The number of carbonyl (C=O) groups excluding carboxylic acids is 2. The molecular weight excluding hydrogens is 282 g/mol. The van der Waals surface area contributed by atoms with Crippen LogP contribution in [0.5, 0.6) is 0 Å². The van der Waals surface area contributed by atoms with Crippen molar-refractivity contribution in [2.75, 3.05) is 6.61 Å². The molecule has 1 aliphatic heterocycles. The Bertz CT molecular complexity index is 609. The molecule has 0 bridgehead atoms. The summed E-state index contributed by atoms with van der Waals surface area (Å²) < 4.78 is 27.6. The summed E-state index contributed by atoms with van der Waals surface area (Å²) in [7, 11) is -3.45. The lowest BCUT2D eigenvalue weighted by Crippen LogP contribution is -2.46. The van der Waals surface area contributed by atoms with E-state index in [2.05, 4.69) is 11.2 Å². The summed E-state index contributed by atoms with van der Waals surface area (Å²) >= 11 is 0. The van der Waals surface area contributed by atoms with Gasteiger partial charge in [-0.1, -0.05) is 5.92 Å². The minimum atomic E-state index is -3.45. The third-order valence-electron chi connectivity index (χ3n) is 2.52. The van der Waals surface area contributed by atoms with Gasteiger partial charge < -0.3 is 10.1 Å². The second-order valence-electron chi connectivity index (χ2n) is 4.08. The van der Waals surface area contributed by atoms with Crippen LogP contribution in [0.2, 0.25) is 0 Å². The summed E-state index contributed by atoms with van der Waals surface area (Å²) in [6, 6.07) is -1.12. The molecule has 0 saturated heterocycles. The van der Waals surface area contributed by atoms with Crippen LogP contribution in [0.3, 0.4) is 0 Å². The number of rotatable bonds is 5. The Morgan fingerprint density at radius 3 is 2.55 bits per heavy atom. The lowest BCUT2D eigenvalue weighted by atomic mass is 9.93. The van der Waals surface area contributed by atoms with Crippen LogP contribution in [-0.2, 0) is 24.2 Å². The molecule has 0 unspecified atom stereocenters. The standard InChI is InChI=1S/C13H15NO5S/c1-4-11(10-6-7-20(17,18)8-10)12(14-9(3)15)13(16)19-5-2/h1,6-8,11-12H,5H2,2-3H3,(H,14,15)/t11-,12-/m0/s1. The average Bonchev–Trinajstić information content (AvgIpc) is 2.69. The molecule has 6 nitrogen and oxygen atoms in total. The van der Waals surface area contributed by atoms with E-state index in [1.165, 1.54) is 13.0 Å². The van der Waals surface area contributed by atoms with Crippen molar-refractivity contribution in [2.24, 2.45) is 5.92 Å². The Labute approximate surface area is 117 Å². The van der Waals surface area contributed by atoms with Crippen molar-refractivity contribution >= 4 is 21.7 Å². The van der Waals surface area contributed by atoms with Crippen LogP contribution < -0.4 is 5.32 Å². The topological polar surface area (TPSA) is 89.5 Å². The van der Waals surface area contributed by atoms with Crippen molar-refractivity contribution in [3.05, 3.63) is 22.5 Å². The Kier molecular flexibility index (Phi) is 5.11. The molecule has 108 valence electrons. The van der Waals surface area contributed by atoms with Crippen molar-refractivity contribution < 1.29 is 22.7 Å². The summed E-state index contributed by atoms with van der Waals surface area (Å²) in [6.45, 7) is 2.97. The zero-order chi connectivity index (χ0) is 15.3. The number of sulfone groups is 1. The number of terminal acetylenes is 1. The third kappa shape index (κ3) is 3.96. The van der Waals surface area contributed by atoms with E-state index >= 15 is 0 Å². The fraction of sp³-hybridized carbons (Fsp3) is 0.385. The van der Waals surface area contributed by atoms with E-state index in [4.69, 9.17) is 11.2 Å². The third-order valence-corrected chi connectivity index (χ3v) is 3.64. The molecule has 1 heterocycles. The summed E-state index contributed by atoms with van der Waals surface area (Å²) in [5.41, 5.74) is 0.263. The summed E-state index contributed by atoms with van der Waals surface area (Å²) in [4.78, 5) is 23.0. The summed E-state index contributed by atoms with van der Waals surface area (Å²) in [6.07, 6.45) is 6.69. The molecule has 20 heavy (non-hydrogen) atoms. The van der Waals surface area contributed by atoms with Crippen LogP contribution in [0, 0.1) is 18.3 Å². The number of hydrogen-bond donors (Lipinski definition) is 1. The predicted octanol–water partition coefficient (Wildman–Crippen LogP) is 0.130. The van der Waals surface area contributed by atoms with Gasteiger partial charge in [0.1, 0.15) is 6.04 Å². The first-order chi connectivity index (χ1) is 9.30. The SMILES string of the molecule is C#C[C@@H](C1=CS(=O)(=O)C=C1)[C@H](NC(C)=O)C(=O)OCC. The van der Waals surface area contributed by atoms with Crippen molar-refractivity contribution in [1.29, 1.82) is 0 Å². The summed E-state index contributed by atoms with van der Waals surface area (Å²) in [5, 5.41) is 4.36. The molecule has 0 aromatic rings. The van der Waals surface area contributed by atoms with Gasteiger partial charge >= 0.3 is 5.97 Å². The number of nitrogens with one attached hydrogen (secondary N) is 1. The molecular formula is C13H15NO5S. The van der Waals surface area contributed by atoms with E-state index in [1.807, 2.05) is 0 Å². The zero-order valence-electron chi connectivity index (χ0n) is 11.1. The maximum absolute atomic E-state index is 11.9. The van der Waals surface area contributed by atoms with E-state index in [0.717, 1.165) is 10.8 Å². The first-order valence-corrected chi connectivity index (χ1v) is 7.46. The average molecular weight is 297 g/mol. The molecule has 0 spiro atoms. The second-order valence-corrected chi connectivity index (χ2v) is 5.77. The largest absolute Gasteiger partial charge is 0.464 e. The van der Waals surface area contributed by atoms with Gasteiger partial charge in [-0.25, -0.2) is 13.2 Å². The van der Waals surface area contributed by atoms with E-state index < -0.39 is 33.7 Å². The van der Waals surface area contributed by atoms with E-state index in [0.29, 0.717) is 0 Å². The fourth-order valence-electron chi connectivity index (χ4n) is 1.73. The monoisotopic (exact) mass is 297 g/mol. The lowest BCUT2D eigenvalue weighted by molar-refractivity contribution is -0.147.